The van der Waals surface area contributed by atoms with Crippen LogP contribution in [0.15, 0.2) is 12.2 Å². The maximum Gasteiger partial charge on any atom is 0.0594 e. The van der Waals surface area contributed by atoms with Crippen LogP contribution >= 0.6 is 0 Å². The van der Waals surface area contributed by atoms with Gasteiger partial charge in [-0.25, -0.2) is 0 Å². The minimum Gasteiger partial charge on any atom is -0.396 e. The van der Waals surface area contributed by atoms with E-state index in [1.165, 1.54) is 69.8 Å². The van der Waals surface area contributed by atoms with Crippen molar-refractivity contribution in [3.05, 3.63) is 12.2 Å². The van der Waals surface area contributed by atoms with Crippen LogP contribution in [0.3, 0.4) is 0 Å². The molecule has 5 aliphatic rings. The van der Waals surface area contributed by atoms with Gasteiger partial charge >= 0.3 is 0 Å². The van der Waals surface area contributed by atoms with Crippen molar-refractivity contribution in [2.75, 3.05) is 6.61 Å². The van der Waals surface area contributed by atoms with Crippen molar-refractivity contribution in [2.45, 2.75) is 118 Å². The van der Waals surface area contributed by atoms with Gasteiger partial charge in [-0.3, -0.25) is 0 Å². The molecule has 0 aromatic rings. The highest BCUT2D eigenvalue weighted by molar-refractivity contribution is 5.20. The molecule has 2 nitrogen and oxygen atoms in total. The van der Waals surface area contributed by atoms with Crippen molar-refractivity contribution in [3.63, 3.8) is 0 Å². The van der Waals surface area contributed by atoms with Gasteiger partial charge < -0.3 is 10.2 Å². The fraction of sp³-hybridized carbons (Fsp3) is 0.935. The molecule has 0 aliphatic heterocycles. The molecule has 5 rings (SSSR count). The first-order chi connectivity index (χ1) is 15.4. The van der Waals surface area contributed by atoms with Crippen molar-refractivity contribution in [1.82, 2.24) is 0 Å². The third kappa shape index (κ3) is 2.98. The number of fused-ring (bicyclic) bond motifs is 7. The second kappa shape index (κ2) is 7.58. The molecule has 2 heteroatoms. The summed E-state index contributed by atoms with van der Waals surface area (Å²) in [4.78, 5) is 0. The molecule has 0 heterocycles. The van der Waals surface area contributed by atoms with Crippen molar-refractivity contribution >= 4 is 0 Å². The van der Waals surface area contributed by atoms with E-state index in [9.17, 15) is 10.2 Å². The predicted molar refractivity (Wildman–Crippen MR) is 137 cm³/mol. The summed E-state index contributed by atoms with van der Waals surface area (Å²) in [5.74, 6) is 3.30. The van der Waals surface area contributed by atoms with Gasteiger partial charge in [0.25, 0.3) is 0 Å². The molecule has 9 unspecified atom stereocenters. The lowest BCUT2D eigenvalue weighted by molar-refractivity contribution is -0.257. The molecular formula is C31H52O2. The van der Waals surface area contributed by atoms with E-state index in [0.717, 1.165) is 12.3 Å². The van der Waals surface area contributed by atoms with Crippen molar-refractivity contribution < 1.29 is 10.2 Å². The molecule has 0 amide bonds. The average molecular weight is 457 g/mol. The molecule has 2 N–H and O–H groups in total. The van der Waals surface area contributed by atoms with E-state index >= 15 is 0 Å². The Balaban J connectivity index is 1.55. The first-order valence-corrected chi connectivity index (χ1v) is 14.3. The maximum absolute atomic E-state index is 10.9. The Bertz CT molecular complexity index is 801. The largest absolute Gasteiger partial charge is 0.396 e. The summed E-state index contributed by atoms with van der Waals surface area (Å²) in [6.45, 7) is 19.8. The smallest absolute Gasteiger partial charge is 0.0594 e. The first-order valence-electron chi connectivity index (χ1n) is 14.3. The molecule has 5 aliphatic carbocycles. The fourth-order valence-electron chi connectivity index (χ4n) is 11.8. The second-order valence-corrected chi connectivity index (χ2v) is 14.9. The third-order valence-electron chi connectivity index (χ3n) is 13.8. The molecule has 5 saturated carbocycles. The Morgan fingerprint density at radius 2 is 1.55 bits per heavy atom. The van der Waals surface area contributed by atoms with Crippen LogP contribution in [-0.4, -0.2) is 22.9 Å². The van der Waals surface area contributed by atoms with E-state index < -0.39 is 0 Å². The molecule has 10 atom stereocenters. The van der Waals surface area contributed by atoms with Crippen LogP contribution in [-0.2, 0) is 0 Å². The zero-order valence-electron chi connectivity index (χ0n) is 22.6. The van der Waals surface area contributed by atoms with Gasteiger partial charge in [-0.05, 0) is 128 Å². The Morgan fingerprint density at radius 3 is 2.21 bits per heavy atom. The summed E-state index contributed by atoms with van der Waals surface area (Å²) >= 11 is 0. The SMILES string of the molecule is C=C(C)C1CCCC2(CO)CC[C@]3(C)C(CCC4C5(C)CCC(O)C(C)(C)C5CCC43C)C12. The topological polar surface area (TPSA) is 40.5 Å². The molecule has 33 heavy (non-hydrogen) atoms. The minimum atomic E-state index is -0.148. The molecule has 0 saturated heterocycles. The van der Waals surface area contributed by atoms with Crippen molar-refractivity contribution in [2.24, 2.45) is 56.7 Å². The van der Waals surface area contributed by atoms with Crippen molar-refractivity contribution in [1.29, 1.82) is 0 Å². The number of hydrogen-bond acceptors (Lipinski definition) is 2. The molecule has 5 fully saturated rings. The van der Waals surface area contributed by atoms with Crippen LogP contribution in [0.4, 0.5) is 0 Å². The Hall–Kier alpha value is -0.340. The zero-order valence-corrected chi connectivity index (χ0v) is 22.6. The van der Waals surface area contributed by atoms with Gasteiger partial charge in [0.05, 0.1) is 6.10 Å². The highest BCUT2D eigenvalue weighted by atomic mass is 16.3. The standard InChI is InChI=1S/C31H52O2/c1-20(2)21-9-8-14-31(19-32)18-17-29(6)22(26(21)31)10-11-24-28(5)15-13-25(33)27(3,4)23(28)12-16-30(24,29)7/h21-26,32-33H,1,8-19H2,2-7H3/t21?,22?,23?,24?,25?,26?,28?,29-,30?,31?/m1/s1. The average Bonchev–Trinajstić information content (AvgIpc) is 2.76. The van der Waals surface area contributed by atoms with E-state index in [-0.39, 0.29) is 16.9 Å². The minimum absolute atomic E-state index is 0.0269. The Morgan fingerprint density at radius 1 is 0.818 bits per heavy atom. The van der Waals surface area contributed by atoms with Gasteiger partial charge in [0.1, 0.15) is 0 Å². The van der Waals surface area contributed by atoms with E-state index in [1.54, 1.807) is 0 Å². The summed E-state index contributed by atoms with van der Waals surface area (Å²) in [7, 11) is 0. The highest BCUT2D eigenvalue weighted by Gasteiger charge is 2.70. The van der Waals surface area contributed by atoms with Crippen LogP contribution in [0.5, 0.6) is 0 Å². The highest BCUT2D eigenvalue weighted by Crippen LogP contribution is 2.77. The van der Waals surface area contributed by atoms with Crippen LogP contribution in [0, 0.1) is 56.7 Å². The van der Waals surface area contributed by atoms with Gasteiger partial charge in [0.2, 0.25) is 0 Å². The normalized spacial score (nSPS) is 55.5. The third-order valence-corrected chi connectivity index (χ3v) is 13.8. The molecule has 0 spiro atoms. The van der Waals surface area contributed by atoms with Gasteiger partial charge in [-0.2, -0.15) is 0 Å². The number of allylic oxidation sites excluding steroid dienone is 1. The fourth-order valence-corrected chi connectivity index (χ4v) is 11.8. The quantitative estimate of drug-likeness (QED) is 0.425. The Labute approximate surface area is 204 Å². The Kier molecular flexibility index (Phi) is 5.60. The van der Waals surface area contributed by atoms with Gasteiger partial charge in [0.15, 0.2) is 0 Å². The number of aliphatic hydroxyl groups excluding tert-OH is 2. The number of aliphatic hydroxyl groups is 2. The van der Waals surface area contributed by atoms with Crippen molar-refractivity contribution in [3.8, 4) is 0 Å². The van der Waals surface area contributed by atoms with Crippen LogP contribution < -0.4 is 0 Å². The van der Waals surface area contributed by atoms with Gasteiger partial charge in [-0.15, -0.1) is 0 Å². The van der Waals surface area contributed by atoms with Crippen LogP contribution in [0.25, 0.3) is 0 Å². The van der Waals surface area contributed by atoms with E-state index in [2.05, 4.69) is 48.1 Å². The summed E-state index contributed by atoms with van der Waals surface area (Å²) < 4.78 is 0. The molecule has 0 radical (unpaired) electrons. The number of hydrogen-bond donors (Lipinski definition) is 2. The lowest BCUT2D eigenvalue weighted by Gasteiger charge is -2.74. The van der Waals surface area contributed by atoms with E-state index in [1.807, 2.05) is 0 Å². The molecule has 0 aromatic heterocycles. The molecule has 188 valence electrons. The molecule has 0 aromatic carbocycles. The lowest BCUT2D eigenvalue weighted by Crippen LogP contribution is -2.67. The van der Waals surface area contributed by atoms with Crippen LogP contribution in [0.1, 0.15) is 112 Å². The molecule has 0 bridgehead atoms. The van der Waals surface area contributed by atoms with Gasteiger partial charge in [-0.1, -0.05) is 53.2 Å². The summed E-state index contributed by atoms with van der Waals surface area (Å²) in [6.07, 6.45) is 13.5. The maximum atomic E-state index is 10.9. The predicted octanol–water partition coefficient (Wildman–Crippen LogP) is 7.39. The zero-order chi connectivity index (χ0) is 24.0. The number of rotatable bonds is 2. The summed E-state index contributed by atoms with van der Waals surface area (Å²) in [5, 5.41) is 21.7. The summed E-state index contributed by atoms with van der Waals surface area (Å²) in [6, 6.07) is 0. The molecular weight excluding hydrogens is 404 g/mol. The van der Waals surface area contributed by atoms with Crippen LogP contribution in [0.2, 0.25) is 0 Å². The van der Waals surface area contributed by atoms with Gasteiger partial charge in [0, 0.05) is 6.61 Å². The lowest BCUT2D eigenvalue weighted by atomic mass is 9.31. The first kappa shape index (κ1) is 24.4. The second-order valence-electron chi connectivity index (χ2n) is 14.9. The monoisotopic (exact) mass is 456 g/mol. The van der Waals surface area contributed by atoms with E-state index in [0.29, 0.717) is 46.5 Å². The summed E-state index contributed by atoms with van der Waals surface area (Å²) in [5.41, 5.74) is 2.58. The van der Waals surface area contributed by atoms with E-state index in [4.69, 9.17) is 0 Å².